The zero-order chi connectivity index (χ0) is 19.8. The molecule has 4 aromatic rings. The van der Waals surface area contributed by atoms with Gasteiger partial charge in [0.25, 0.3) is 5.91 Å². The molecule has 3 aromatic carbocycles. The molecule has 2 aliphatic heterocycles. The Morgan fingerprint density at radius 3 is 2.69 bits per heavy atom. The van der Waals surface area contributed by atoms with Crippen molar-refractivity contribution in [2.24, 2.45) is 0 Å². The van der Waals surface area contributed by atoms with Gasteiger partial charge in [0.15, 0.2) is 0 Å². The summed E-state index contributed by atoms with van der Waals surface area (Å²) in [4.78, 5) is 20.4. The second kappa shape index (κ2) is 5.38. The molecule has 0 unspecified atom stereocenters. The van der Waals surface area contributed by atoms with Crippen LogP contribution >= 0.6 is 0 Å². The molecule has 29 heavy (non-hydrogen) atoms. The van der Waals surface area contributed by atoms with Gasteiger partial charge in [-0.3, -0.25) is 9.36 Å². The molecule has 0 radical (unpaired) electrons. The maximum Gasteiger partial charge on any atom is 0.278 e. The van der Waals surface area contributed by atoms with Gasteiger partial charge in [0.05, 0.1) is 23.8 Å². The Labute approximate surface area is 167 Å². The smallest absolute Gasteiger partial charge is 0.278 e. The van der Waals surface area contributed by atoms with Gasteiger partial charge in [0.2, 0.25) is 5.66 Å². The van der Waals surface area contributed by atoms with Gasteiger partial charge in [-0.15, -0.1) is 0 Å². The van der Waals surface area contributed by atoms with Crippen LogP contribution in [0.3, 0.4) is 0 Å². The monoisotopic (exact) mass is 382 g/mol. The van der Waals surface area contributed by atoms with Crippen LogP contribution in [0.1, 0.15) is 5.56 Å². The summed E-state index contributed by atoms with van der Waals surface area (Å²) in [7, 11) is 3.44. The van der Waals surface area contributed by atoms with E-state index in [0.717, 1.165) is 39.4 Å². The average Bonchev–Trinajstić information content (AvgIpc) is 3.25. The highest BCUT2D eigenvalue weighted by Crippen LogP contribution is 2.50. The molecule has 1 N–H and O–H groups in total. The van der Waals surface area contributed by atoms with Gasteiger partial charge in [-0.2, -0.15) is 0 Å². The summed E-state index contributed by atoms with van der Waals surface area (Å²) in [6.07, 6.45) is 0. The maximum absolute atomic E-state index is 13.8. The van der Waals surface area contributed by atoms with Gasteiger partial charge in [-0.05, 0) is 42.5 Å². The molecule has 6 rings (SSSR count). The van der Waals surface area contributed by atoms with Gasteiger partial charge in [0.1, 0.15) is 11.6 Å². The van der Waals surface area contributed by atoms with E-state index in [9.17, 15) is 4.79 Å². The molecule has 2 aliphatic rings. The van der Waals surface area contributed by atoms with Crippen LogP contribution in [0.25, 0.3) is 22.4 Å². The lowest BCUT2D eigenvalue weighted by atomic mass is 9.95. The topological polar surface area (TPSA) is 59.4 Å². The summed E-state index contributed by atoms with van der Waals surface area (Å²) >= 11 is 0. The molecule has 6 nitrogen and oxygen atoms in total. The number of amides is 1. The molecular weight excluding hydrogens is 364 g/mol. The van der Waals surface area contributed by atoms with Crippen LogP contribution in [0.5, 0.6) is 5.75 Å². The van der Waals surface area contributed by atoms with Gasteiger partial charge in [0, 0.05) is 23.9 Å². The van der Waals surface area contributed by atoms with Crippen molar-refractivity contribution in [3.63, 3.8) is 0 Å². The minimum atomic E-state index is -1.13. The average molecular weight is 382 g/mol. The molecule has 3 heterocycles. The van der Waals surface area contributed by atoms with E-state index in [4.69, 9.17) is 9.72 Å². The van der Waals surface area contributed by atoms with Crippen LogP contribution in [0.15, 0.2) is 66.7 Å². The number of nitrogens with zero attached hydrogens (tertiary/aromatic N) is 3. The van der Waals surface area contributed by atoms with Gasteiger partial charge < -0.3 is 15.0 Å². The Morgan fingerprint density at radius 1 is 1.03 bits per heavy atom. The van der Waals surface area contributed by atoms with Crippen molar-refractivity contribution < 1.29 is 9.53 Å². The van der Waals surface area contributed by atoms with Crippen LogP contribution in [0.4, 0.5) is 11.4 Å². The van der Waals surface area contributed by atoms with Gasteiger partial charge >= 0.3 is 0 Å². The number of fused-ring (bicyclic) bond motifs is 8. The van der Waals surface area contributed by atoms with E-state index >= 15 is 0 Å². The third kappa shape index (κ3) is 1.85. The third-order valence-electron chi connectivity index (χ3n) is 5.95. The number of ether oxygens (including phenoxy) is 1. The Bertz CT molecular complexity index is 1330. The first kappa shape index (κ1) is 16.2. The number of likely N-dealkylation sites (N-methyl/N-ethyl adjacent to an activating group) is 1. The molecular formula is C23H18N4O2. The maximum atomic E-state index is 13.8. The molecule has 1 atom stereocenters. The summed E-state index contributed by atoms with van der Waals surface area (Å²) in [6, 6.07) is 21.7. The standard InChI is InChI=1S/C23H18N4O2/c1-26-19-12-11-14(29-2)13-16(19)23(22(26)28)25-17-8-4-3-7-15(17)21-24-18-9-5-6-10-20(18)27(21)23/h3-13,25H,1-2H3/t23-/m0/s1. The second-order valence-electron chi connectivity index (χ2n) is 7.39. The lowest BCUT2D eigenvalue weighted by Crippen LogP contribution is -2.52. The van der Waals surface area contributed by atoms with E-state index in [1.54, 1.807) is 12.0 Å². The number of imidazole rings is 1. The molecule has 1 aromatic heterocycles. The molecule has 0 bridgehead atoms. The number of hydrogen-bond acceptors (Lipinski definition) is 4. The fourth-order valence-electron chi connectivity index (χ4n) is 4.61. The normalized spacial score (nSPS) is 19.1. The first-order valence-electron chi connectivity index (χ1n) is 9.47. The van der Waals surface area contributed by atoms with Crippen molar-refractivity contribution >= 4 is 28.3 Å². The van der Waals surface area contributed by atoms with E-state index in [-0.39, 0.29) is 5.91 Å². The van der Waals surface area contributed by atoms with E-state index in [1.807, 2.05) is 78.3 Å². The molecule has 0 aliphatic carbocycles. The quantitative estimate of drug-likeness (QED) is 0.544. The molecule has 0 saturated carbocycles. The summed E-state index contributed by atoms with van der Waals surface area (Å²) in [5.41, 5.74) is 4.19. The Balaban J connectivity index is 1.78. The van der Waals surface area contributed by atoms with Crippen molar-refractivity contribution in [1.82, 2.24) is 9.55 Å². The zero-order valence-corrected chi connectivity index (χ0v) is 16.0. The van der Waals surface area contributed by atoms with Crippen molar-refractivity contribution in [3.8, 4) is 17.1 Å². The fraction of sp³-hybridized carbons (Fsp3) is 0.130. The van der Waals surface area contributed by atoms with E-state index < -0.39 is 5.66 Å². The number of carbonyl (C=O) groups is 1. The molecule has 0 fully saturated rings. The van der Waals surface area contributed by atoms with Gasteiger partial charge in [-0.25, -0.2) is 4.98 Å². The molecule has 1 amide bonds. The molecule has 142 valence electrons. The number of benzene rings is 3. The molecule has 1 spiro atoms. The van der Waals surface area contributed by atoms with Crippen molar-refractivity contribution in [2.75, 3.05) is 24.4 Å². The van der Waals surface area contributed by atoms with Crippen LogP contribution in [0, 0.1) is 0 Å². The van der Waals surface area contributed by atoms with Crippen molar-refractivity contribution in [3.05, 3.63) is 72.3 Å². The second-order valence-corrected chi connectivity index (χ2v) is 7.39. The van der Waals surface area contributed by atoms with Crippen molar-refractivity contribution in [2.45, 2.75) is 5.66 Å². The predicted molar refractivity (Wildman–Crippen MR) is 112 cm³/mol. The Kier molecular flexibility index (Phi) is 3.00. The minimum Gasteiger partial charge on any atom is -0.497 e. The Hall–Kier alpha value is -3.80. The van der Waals surface area contributed by atoms with Crippen LogP contribution in [0.2, 0.25) is 0 Å². The van der Waals surface area contributed by atoms with Gasteiger partial charge in [-0.1, -0.05) is 24.3 Å². The summed E-state index contributed by atoms with van der Waals surface area (Å²) in [6.45, 7) is 0. The van der Waals surface area contributed by atoms with Crippen molar-refractivity contribution in [1.29, 1.82) is 0 Å². The summed E-state index contributed by atoms with van der Waals surface area (Å²) < 4.78 is 7.52. The number of para-hydroxylation sites is 3. The van der Waals surface area contributed by atoms with Crippen LogP contribution in [-0.2, 0) is 10.5 Å². The van der Waals surface area contributed by atoms with Crippen LogP contribution in [-0.4, -0.2) is 29.6 Å². The SMILES string of the molecule is COc1ccc2c(c1)[C@@]1(Nc3ccccc3-c3nc4ccccc4n31)C(=O)N2C. The first-order valence-corrected chi connectivity index (χ1v) is 9.47. The third-order valence-corrected chi connectivity index (χ3v) is 5.95. The number of hydrogen-bond donors (Lipinski definition) is 1. The highest BCUT2D eigenvalue weighted by Gasteiger charge is 2.55. The first-order chi connectivity index (χ1) is 14.1. The van der Waals surface area contributed by atoms with E-state index in [1.165, 1.54) is 0 Å². The number of rotatable bonds is 1. The highest BCUT2D eigenvalue weighted by atomic mass is 16.5. The highest BCUT2D eigenvalue weighted by molar-refractivity contribution is 6.11. The largest absolute Gasteiger partial charge is 0.497 e. The Morgan fingerprint density at radius 2 is 1.83 bits per heavy atom. The van der Waals surface area contributed by atoms with E-state index in [0.29, 0.717) is 5.75 Å². The predicted octanol–water partition coefficient (Wildman–Crippen LogP) is 3.81. The lowest BCUT2D eigenvalue weighted by molar-refractivity contribution is -0.122. The fourth-order valence-corrected chi connectivity index (χ4v) is 4.61. The summed E-state index contributed by atoms with van der Waals surface area (Å²) in [5, 5.41) is 3.57. The minimum absolute atomic E-state index is 0.0559. The van der Waals surface area contributed by atoms with Crippen LogP contribution < -0.4 is 15.0 Å². The zero-order valence-electron chi connectivity index (χ0n) is 16.0. The summed E-state index contributed by atoms with van der Waals surface area (Å²) in [5.74, 6) is 1.43. The number of carbonyl (C=O) groups excluding carboxylic acids is 1. The molecule has 0 saturated heterocycles. The lowest BCUT2D eigenvalue weighted by Gasteiger charge is -2.38. The number of nitrogens with one attached hydrogen (secondary N) is 1. The number of anilines is 2. The molecule has 6 heteroatoms. The number of aromatic nitrogens is 2. The van der Waals surface area contributed by atoms with E-state index in [2.05, 4.69) is 5.32 Å². The number of methoxy groups -OCH3 is 1.